The molecule has 2 N–H and O–H groups in total. The number of aryl methyl sites for hydroxylation is 1. The first-order valence-corrected chi connectivity index (χ1v) is 7.74. The van der Waals surface area contributed by atoms with E-state index >= 15 is 0 Å². The topological polar surface area (TPSA) is 48.4 Å². The Balaban J connectivity index is 1.92. The van der Waals surface area contributed by atoms with Gasteiger partial charge in [0.1, 0.15) is 11.5 Å². The first kappa shape index (κ1) is 15.0. The average molecular weight is 291 g/mol. The monoisotopic (exact) mass is 291 g/mol. The predicted molar refractivity (Wildman–Crippen MR) is 83.3 cm³/mol. The van der Waals surface area contributed by atoms with Crippen molar-refractivity contribution in [3.8, 4) is 5.75 Å². The lowest BCUT2D eigenvalue weighted by molar-refractivity contribution is 0.242. The van der Waals surface area contributed by atoms with E-state index < -0.39 is 0 Å². The summed E-state index contributed by atoms with van der Waals surface area (Å²) >= 11 is 1.72. The summed E-state index contributed by atoms with van der Waals surface area (Å²) in [5.41, 5.74) is 7.34. The Morgan fingerprint density at radius 1 is 1.20 bits per heavy atom. The van der Waals surface area contributed by atoms with Gasteiger partial charge >= 0.3 is 0 Å². The van der Waals surface area contributed by atoms with E-state index in [1.807, 2.05) is 51.1 Å². The third-order valence-corrected chi connectivity index (χ3v) is 4.17. The Bertz CT molecular complexity index is 534. The zero-order chi connectivity index (χ0) is 14.5. The highest BCUT2D eigenvalue weighted by molar-refractivity contribution is 7.99. The Labute approximate surface area is 124 Å². The van der Waals surface area contributed by atoms with Gasteiger partial charge in [0.05, 0.1) is 12.4 Å². The van der Waals surface area contributed by atoms with E-state index in [0.29, 0.717) is 0 Å². The van der Waals surface area contributed by atoms with Crippen molar-refractivity contribution in [1.82, 2.24) is 0 Å². The van der Waals surface area contributed by atoms with Crippen LogP contribution >= 0.6 is 11.8 Å². The Kier molecular flexibility index (Phi) is 5.15. The maximum absolute atomic E-state index is 6.22. The van der Waals surface area contributed by atoms with Crippen LogP contribution in [-0.4, -0.2) is 11.9 Å². The summed E-state index contributed by atoms with van der Waals surface area (Å²) in [6.07, 6.45) is 1.90. The number of hydrogen-bond donors (Lipinski definition) is 1. The SMILES string of the molecule is Cc1occc1SCC(N)c1ccc(OC(C)C)cc1. The molecule has 1 aromatic carbocycles. The van der Waals surface area contributed by atoms with E-state index in [4.69, 9.17) is 14.9 Å². The van der Waals surface area contributed by atoms with Crippen molar-refractivity contribution in [3.05, 3.63) is 47.9 Å². The van der Waals surface area contributed by atoms with Crippen LogP contribution in [-0.2, 0) is 0 Å². The van der Waals surface area contributed by atoms with Crippen LogP contribution in [0.15, 0.2) is 45.9 Å². The molecule has 0 bridgehead atoms. The fourth-order valence-electron chi connectivity index (χ4n) is 1.86. The molecule has 108 valence electrons. The molecule has 1 atom stereocenters. The van der Waals surface area contributed by atoms with E-state index in [9.17, 15) is 0 Å². The summed E-state index contributed by atoms with van der Waals surface area (Å²) < 4.78 is 10.9. The lowest BCUT2D eigenvalue weighted by Crippen LogP contribution is -2.13. The van der Waals surface area contributed by atoms with Crippen molar-refractivity contribution >= 4 is 11.8 Å². The van der Waals surface area contributed by atoms with Crippen molar-refractivity contribution in [2.24, 2.45) is 5.73 Å². The molecule has 0 spiro atoms. The van der Waals surface area contributed by atoms with E-state index in [2.05, 4.69) is 0 Å². The highest BCUT2D eigenvalue weighted by Crippen LogP contribution is 2.27. The first-order valence-electron chi connectivity index (χ1n) is 6.75. The van der Waals surface area contributed by atoms with Crippen molar-refractivity contribution < 1.29 is 9.15 Å². The van der Waals surface area contributed by atoms with Crippen molar-refractivity contribution in [2.75, 3.05) is 5.75 Å². The summed E-state index contributed by atoms with van der Waals surface area (Å²) in [6, 6.07) is 10.00. The van der Waals surface area contributed by atoms with Crippen LogP contribution in [0.3, 0.4) is 0 Å². The smallest absolute Gasteiger partial charge is 0.119 e. The lowest BCUT2D eigenvalue weighted by Gasteiger charge is -2.13. The van der Waals surface area contributed by atoms with Gasteiger partial charge in [-0.05, 0) is 44.5 Å². The number of hydrogen-bond acceptors (Lipinski definition) is 4. The van der Waals surface area contributed by atoms with Gasteiger partial charge in [-0.15, -0.1) is 11.8 Å². The molecule has 2 rings (SSSR count). The maximum atomic E-state index is 6.22. The minimum Gasteiger partial charge on any atom is -0.491 e. The molecule has 1 unspecified atom stereocenters. The van der Waals surface area contributed by atoms with Crippen LogP contribution in [0.25, 0.3) is 0 Å². The summed E-state index contributed by atoms with van der Waals surface area (Å²) in [7, 11) is 0. The van der Waals surface area contributed by atoms with Gasteiger partial charge in [-0.1, -0.05) is 12.1 Å². The molecule has 0 radical (unpaired) electrons. The zero-order valence-electron chi connectivity index (χ0n) is 12.1. The molecular formula is C16H21NO2S. The molecule has 1 aromatic heterocycles. The second-order valence-electron chi connectivity index (χ2n) is 4.99. The molecule has 0 aliphatic heterocycles. The normalized spacial score (nSPS) is 12.7. The minimum atomic E-state index is 0.00222. The Hall–Kier alpha value is -1.39. The summed E-state index contributed by atoms with van der Waals surface area (Å²) in [4.78, 5) is 1.15. The van der Waals surface area contributed by atoms with E-state index in [0.717, 1.165) is 27.7 Å². The first-order chi connectivity index (χ1) is 9.56. The molecule has 0 amide bonds. The maximum Gasteiger partial charge on any atom is 0.119 e. The molecule has 20 heavy (non-hydrogen) atoms. The zero-order valence-corrected chi connectivity index (χ0v) is 12.9. The van der Waals surface area contributed by atoms with Crippen molar-refractivity contribution in [3.63, 3.8) is 0 Å². The second kappa shape index (κ2) is 6.86. The van der Waals surface area contributed by atoms with Crippen LogP contribution < -0.4 is 10.5 Å². The quantitative estimate of drug-likeness (QED) is 0.812. The molecule has 3 nitrogen and oxygen atoms in total. The average Bonchev–Trinajstić information content (AvgIpc) is 2.82. The molecule has 0 fully saturated rings. The fourth-order valence-corrected chi connectivity index (χ4v) is 2.82. The molecular weight excluding hydrogens is 270 g/mol. The van der Waals surface area contributed by atoms with Gasteiger partial charge in [-0.3, -0.25) is 0 Å². The van der Waals surface area contributed by atoms with Gasteiger partial charge in [-0.25, -0.2) is 0 Å². The number of rotatable bonds is 6. The van der Waals surface area contributed by atoms with Gasteiger partial charge in [-0.2, -0.15) is 0 Å². The number of nitrogens with two attached hydrogens (primary N) is 1. The van der Waals surface area contributed by atoms with Crippen molar-refractivity contribution in [2.45, 2.75) is 37.8 Å². The molecule has 0 aliphatic carbocycles. The second-order valence-corrected chi connectivity index (χ2v) is 6.06. The Morgan fingerprint density at radius 3 is 2.45 bits per heavy atom. The van der Waals surface area contributed by atoms with Crippen molar-refractivity contribution in [1.29, 1.82) is 0 Å². The van der Waals surface area contributed by atoms with Gasteiger partial charge in [0.15, 0.2) is 0 Å². The van der Waals surface area contributed by atoms with E-state index in [1.54, 1.807) is 18.0 Å². The molecule has 0 aliphatic rings. The minimum absolute atomic E-state index is 0.00222. The predicted octanol–water partition coefficient (Wildman–Crippen LogP) is 4.17. The van der Waals surface area contributed by atoms with Gasteiger partial charge in [0.25, 0.3) is 0 Å². The van der Waals surface area contributed by atoms with Gasteiger partial charge in [0, 0.05) is 16.7 Å². The summed E-state index contributed by atoms with van der Waals surface area (Å²) in [5, 5.41) is 0. The third kappa shape index (κ3) is 4.05. The highest BCUT2D eigenvalue weighted by atomic mass is 32.2. The van der Waals surface area contributed by atoms with Crippen LogP contribution in [0.1, 0.15) is 31.2 Å². The number of ether oxygens (including phenoxy) is 1. The fraction of sp³-hybridized carbons (Fsp3) is 0.375. The van der Waals surface area contributed by atoms with Crippen LogP contribution in [0.5, 0.6) is 5.75 Å². The number of furan rings is 1. The molecule has 4 heteroatoms. The number of benzene rings is 1. The molecule has 1 heterocycles. The van der Waals surface area contributed by atoms with Crippen LogP contribution in [0.4, 0.5) is 0 Å². The largest absolute Gasteiger partial charge is 0.491 e. The summed E-state index contributed by atoms with van der Waals surface area (Å²) in [6.45, 7) is 6.00. The highest BCUT2D eigenvalue weighted by Gasteiger charge is 2.09. The third-order valence-electron chi connectivity index (χ3n) is 2.91. The Morgan fingerprint density at radius 2 is 1.90 bits per heavy atom. The van der Waals surface area contributed by atoms with Gasteiger partial charge < -0.3 is 14.9 Å². The lowest BCUT2D eigenvalue weighted by atomic mass is 10.1. The van der Waals surface area contributed by atoms with Crippen LogP contribution in [0, 0.1) is 6.92 Å². The van der Waals surface area contributed by atoms with Crippen LogP contribution in [0.2, 0.25) is 0 Å². The standard InChI is InChI=1S/C16H21NO2S/c1-11(2)19-14-6-4-13(5-7-14)15(17)10-20-16-8-9-18-12(16)3/h4-9,11,15H,10,17H2,1-3H3. The van der Waals surface area contributed by atoms with E-state index in [1.165, 1.54) is 0 Å². The number of thioether (sulfide) groups is 1. The summed E-state index contributed by atoms with van der Waals surface area (Å²) in [5.74, 6) is 2.65. The molecule has 2 aromatic rings. The van der Waals surface area contributed by atoms with E-state index in [-0.39, 0.29) is 12.1 Å². The van der Waals surface area contributed by atoms with Gasteiger partial charge in [0.2, 0.25) is 0 Å². The molecule has 0 saturated heterocycles. The molecule has 0 saturated carbocycles.